The molecular formula is C22H29N3O3. The molecule has 2 aliphatic rings. The van der Waals surface area contributed by atoms with Crippen LogP contribution in [-0.4, -0.2) is 50.6 Å². The lowest BCUT2D eigenvalue weighted by molar-refractivity contribution is -0.127. The minimum atomic E-state index is 0.0806. The number of amides is 1. The predicted molar refractivity (Wildman–Crippen MR) is 109 cm³/mol. The van der Waals surface area contributed by atoms with Gasteiger partial charge in [0.2, 0.25) is 5.91 Å². The smallest absolute Gasteiger partial charge is 0.223 e. The van der Waals surface area contributed by atoms with Gasteiger partial charge in [0.25, 0.3) is 0 Å². The molecule has 1 aromatic heterocycles. The second kappa shape index (κ2) is 8.69. The number of piperazine rings is 1. The number of ether oxygens (including phenoxy) is 1. The van der Waals surface area contributed by atoms with Crippen molar-refractivity contribution in [3.63, 3.8) is 0 Å². The lowest BCUT2D eigenvalue weighted by Crippen LogP contribution is -2.50. The molecule has 1 N–H and O–H groups in total. The number of methoxy groups -OCH3 is 1. The van der Waals surface area contributed by atoms with Crippen LogP contribution in [0.3, 0.4) is 0 Å². The summed E-state index contributed by atoms with van der Waals surface area (Å²) in [5.41, 5.74) is 1.22. The normalized spacial score (nSPS) is 19.1. The fourth-order valence-corrected chi connectivity index (χ4v) is 3.99. The largest absolute Gasteiger partial charge is 0.497 e. The Labute approximate surface area is 166 Å². The van der Waals surface area contributed by atoms with Crippen LogP contribution in [0.2, 0.25) is 0 Å². The Bertz CT molecular complexity index is 748. The second-order valence-corrected chi connectivity index (χ2v) is 7.63. The van der Waals surface area contributed by atoms with E-state index in [1.165, 1.54) is 12.1 Å². The highest BCUT2D eigenvalue weighted by Gasteiger charge is 2.30. The van der Waals surface area contributed by atoms with E-state index in [0.29, 0.717) is 6.54 Å². The highest BCUT2D eigenvalue weighted by molar-refractivity contribution is 5.79. The van der Waals surface area contributed by atoms with Crippen LogP contribution in [0.1, 0.15) is 31.1 Å². The van der Waals surface area contributed by atoms with Crippen molar-refractivity contribution in [1.29, 1.82) is 0 Å². The average Bonchev–Trinajstić information content (AvgIpc) is 3.22. The monoisotopic (exact) mass is 383 g/mol. The summed E-state index contributed by atoms with van der Waals surface area (Å²) in [6, 6.07) is 12.2. The van der Waals surface area contributed by atoms with Crippen LogP contribution in [0.5, 0.6) is 5.75 Å². The van der Waals surface area contributed by atoms with Gasteiger partial charge in [0, 0.05) is 44.3 Å². The second-order valence-electron chi connectivity index (χ2n) is 7.63. The molecule has 1 saturated carbocycles. The van der Waals surface area contributed by atoms with E-state index in [1.54, 1.807) is 13.4 Å². The van der Waals surface area contributed by atoms with Crippen LogP contribution in [0, 0.1) is 5.92 Å². The van der Waals surface area contributed by atoms with E-state index >= 15 is 0 Å². The number of carbonyl (C=O) groups is 1. The van der Waals surface area contributed by atoms with Crippen molar-refractivity contribution in [1.82, 2.24) is 10.2 Å². The zero-order valence-corrected chi connectivity index (χ0v) is 16.5. The fourth-order valence-electron chi connectivity index (χ4n) is 3.99. The van der Waals surface area contributed by atoms with Gasteiger partial charge in [-0.2, -0.15) is 0 Å². The summed E-state index contributed by atoms with van der Waals surface area (Å²) in [4.78, 5) is 17.1. The van der Waals surface area contributed by atoms with Gasteiger partial charge in [-0.3, -0.25) is 9.69 Å². The van der Waals surface area contributed by atoms with Gasteiger partial charge in [-0.05, 0) is 49.2 Å². The van der Waals surface area contributed by atoms with Gasteiger partial charge in [0.1, 0.15) is 11.5 Å². The molecule has 6 heteroatoms. The fraction of sp³-hybridized carbons (Fsp3) is 0.500. The molecule has 0 spiro atoms. The van der Waals surface area contributed by atoms with Crippen LogP contribution in [0.15, 0.2) is 47.1 Å². The molecule has 0 radical (unpaired) electrons. The van der Waals surface area contributed by atoms with E-state index < -0.39 is 0 Å². The molecule has 4 rings (SSSR count). The molecule has 1 aliphatic heterocycles. The first-order chi connectivity index (χ1) is 13.7. The van der Waals surface area contributed by atoms with Crippen LogP contribution in [0.4, 0.5) is 5.69 Å². The highest BCUT2D eigenvalue weighted by atomic mass is 16.5. The molecule has 1 aliphatic carbocycles. The van der Waals surface area contributed by atoms with Crippen molar-refractivity contribution in [2.75, 3.05) is 44.7 Å². The number of hydrogen-bond acceptors (Lipinski definition) is 5. The Morgan fingerprint density at radius 3 is 2.50 bits per heavy atom. The Hall–Kier alpha value is -2.47. The van der Waals surface area contributed by atoms with Gasteiger partial charge in [-0.15, -0.1) is 0 Å². The average molecular weight is 383 g/mol. The van der Waals surface area contributed by atoms with Gasteiger partial charge in [-0.1, -0.05) is 6.42 Å². The lowest BCUT2D eigenvalue weighted by Gasteiger charge is -2.40. The number of nitrogens with one attached hydrogen (secondary N) is 1. The summed E-state index contributed by atoms with van der Waals surface area (Å²) in [7, 11) is 1.69. The van der Waals surface area contributed by atoms with Crippen LogP contribution in [0.25, 0.3) is 0 Å². The molecule has 0 bridgehead atoms. The van der Waals surface area contributed by atoms with Crippen LogP contribution in [-0.2, 0) is 4.79 Å². The van der Waals surface area contributed by atoms with Crippen molar-refractivity contribution < 1.29 is 13.9 Å². The summed E-state index contributed by atoms with van der Waals surface area (Å²) < 4.78 is 10.9. The van der Waals surface area contributed by atoms with Crippen molar-refractivity contribution >= 4 is 11.6 Å². The van der Waals surface area contributed by atoms with Crippen molar-refractivity contribution in [3.05, 3.63) is 48.4 Å². The van der Waals surface area contributed by atoms with Gasteiger partial charge < -0.3 is 19.4 Å². The third-order valence-electron chi connectivity index (χ3n) is 6.01. The maximum Gasteiger partial charge on any atom is 0.223 e. The van der Waals surface area contributed by atoms with Gasteiger partial charge in [0.15, 0.2) is 0 Å². The highest BCUT2D eigenvalue weighted by Crippen LogP contribution is 2.28. The molecule has 1 atom stereocenters. The third kappa shape index (κ3) is 4.17. The number of carbonyl (C=O) groups excluding carboxylic acids is 1. The van der Waals surface area contributed by atoms with E-state index in [-0.39, 0.29) is 17.9 Å². The summed E-state index contributed by atoms with van der Waals surface area (Å²) in [5.74, 6) is 2.21. The Morgan fingerprint density at radius 1 is 1.18 bits per heavy atom. The zero-order valence-electron chi connectivity index (χ0n) is 16.5. The Kier molecular flexibility index (Phi) is 5.86. The van der Waals surface area contributed by atoms with E-state index in [0.717, 1.165) is 50.5 Å². The number of hydrogen-bond donors (Lipinski definition) is 1. The minimum absolute atomic E-state index is 0.0806. The SMILES string of the molecule is COc1ccc(N2CCN(C(CNC(=O)C3CCC3)c3ccco3)CC2)cc1. The van der Waals surface area contributed by atoms with Gasteiger partial charge >= 0.3 is 0 Å². The molecule has 28 heavy (non-hydrogen) atoms. The first kappa shape index (κ1) is 18.9. The first-order valence-electron chi connectivity index (χ1n) is 10.2. The van der Waals surface area contributed by atoms with E-state index in [9.17, 15) is 4.79 Å². The lowest BCUT2D eigenvalue weighted by atomic mass is 9.85. The first-order valence-corrected chi connectivity index (χ1v) is 10.2. The molecule has 1 saturated heterocycles. The van der Waals surface area contributed by atoms with E-state index in [1.807, 2.05) is 24.3 Å². The third-order valence-corrected chi connectivity index (χ3v) is 6.01. The predicted octanol–water partition coefficient (Wildman–Crippen LogP) is 3.07. The number of benzene rings is 1. The van der Waals surface area contributed by atoms with Crippen molar-refractivity contribution in [3.8, 4) is 5.75 Å². The summed E-state index contributed by atoms with van der Waals surface area (Å²) in [6.07, 6.45) is 4.94. The number of rotatable bonds is 7. The zero-order chi connectivity index (χ0) is 19.3. The molecule has 2 heterocycles. The Morgan fingerprint density at radius 2 is 1.93 bits per heavy atom. The summed E-state index contributed by atoms with van der Waals surface area (Å²) >= 11 is 0. The number of furan rings is 1. The van der Waals surface area contributed by atoms with Crippen molar-refractivity contribution in [2.45, 2.75) is 25.3 Å². The molecule has 1 aromatic carbocycles. The maximum atomic E-state index is 12.3. The molecule has 150 valence electrons. The standard InChI is InChI=1S/C22H29N3O3/c1-27-19-9-7-18(8-10-19)24-11-13-25(14-12-24)20(21-6-3-15-28-21)16-23-22(26)17-4-2-5-17/h3,6-10,15,17,20H,2,4-5,11-14,16H2,1H3,(H,23,26). The molecule has 1 unspecified atom stereocenters. The molecule has 2 aromatic rings. The van der Waals surface area contributed by atoms with E-state index in [2.05, 4.69) is 27.2 Å². The quantitative estimate of drug-likeness (QED) is 0.796. The topological polar surface area (TPSA) is 58.0 Å². The van der Waals surface area contributed by atoms with Crippen molar-refractivity contribution in [2.24, 2.45) is 5.92 Å². The molecular weight excluding hydrogens is 354 g/mol. The number of nitrogens with zero attached hydrogens (tertiary/aromatic N) is 2. The van der Waals surface area contributed by atoms with Gasteiger partial charge in [-0.25, -0.2) is 0 Å². The van der Waals surface area contributed by atoms with Crippen LogP contribution >= 0.6 is 0 Å². The maximum absolute atomic E-state index is 12.3. The van der Waals surface area contributed by atoms with Gasteiger partial charge in [0.05, 0.1) is 19.4 Å². The molecule has 2 fully saturated rings. The molecule has 1 amide bonds. The molecule has 6 nitrogen and oxygen atoms in total. The Balaban J connectivity index is 1.36. The minimum Gasteiger partial charge on any atom is -0.497 e. The number of anilines is 1. The van der Waals surface area contributed by atoms with E-state index in [4.69, 9.17) is 9.15 Å². The summed E-state index contributed by atoms with van der Waals surface area (Å²) in [6.45, 7) is 4.35. The summed E-state index contributed by atoms with van der Waals surface area (Å²) in [5, 5.41) is 3.16. The van der Waals surface area contributed by atoms with Crippen LogP contribution < -0.4 is 15.0 Å².